The summed E-state index contributed by atoms with van der Waals surface area (Å²) in [7, 11) is 0. The van der Waals surface area contributed by atoms with Gasteiger partial charge in [0.15, 0.2) is 5.78 Å². The largest absolute Gasteiger partial charge is 0.398 e. The van der Waals surface area contributed by atoms with E-state index in [2.05, 4.69) is 9.88 Å². The number of aromatic nitrogens is 1. The van der Waals surface area contributed by atoms with Crippen molar-refractivity contribution in [3.8, 4) is 0 Å². The molecule has 1 saturated heterocycles. The molecular formula is C16H23N3O. The van der Waals surface area contributed by atoms with E-state index in [-0.39, 0.29) is 11.3 Å². The van der Waals surface area contributed by atoms with Gasteiger partial charge in [-0.2, -0.15) is 0 Å². The number of carbonyl (C=O) groups is 1. The molecule has 4 nitrogen and oxygen atoms in total. The molecule has 2 N–H and O–H groups in total. The van der Waals surface area contributed by atoms with Gasteiger partial charge < -0.3 is 5.73 Å². The van der Waals surface area contributed by atoms with Crippen LogP contribution >= 0.6 is 0 Å². The molecule has 0 unspecified atom stereocenters. The van der Waals surface area contributed by atoms with Gasteiger partial charge in [0, 0.05) is 18.1 Å². The minimum Gasteiger partial charge on any atom is -0.398 e. The van der Waals surface area contributed by atoms with Gasteiger partial charge in [-0.15, -0.1) is 0 Å². The Balaban J connectivity index is 1.94. The van der Waals surface area contributed by atoms with Crippen molar-refractivity contribution in [3.05, 3.63) is 24.0 Å². The van der Waals surface area contributed by atoms with E-state index in [4.69, 9.17) is 5.73 Å². The second-order valence-corrected chi connectivity index (χ2v) is 6.08. The van der Waals surface area contributed by atoms with Gasteiger partial charge in [0.05, 0.1) is 11.1 Å². The lowest BCUT2D eigenvalue weighted by molar-refractivity contribution is 0.0478. The fraction of sp³-hybridized carbons (Fsp3) is 0.625. The quantitative estimate of drug-likeness (QED) is 0.860. The Morgan fingerprint density at radius 1 is 1.15 bits per heavy atom. The number of carbonyl (C=O) groups excluding carboxylic acids is 1. The number of anilines is 1. The maximum absolute atomic E-state index is 13.1. The molecule has 2 heterocycles. The third-order valence-corrected chi connectivity index (χ3v) is 4.91. The minimum absolute atomic E-state index is 0.197. The van der Waals surface area contributed by atoms with Crippen molar-refractivity contribution in [2.75, 3.05) is 18.8 Å². The van der Waals surface area contributed by atoms with Crippen LogP contribution in [0, 0.1) is 0 Å². The highest BCUT2D eigenvalue weighted by Crippen LogP contribution is 2.40. The summed E-state index contributed by atoms with van der Waals surface area (Å²) in [5.41, 5.74) is 6.86. The summed E-state index contributed by atoms with van der Waals surface area (Å²) in [5, 5.41) is 0. The first-order valence-electron chi connectivity index (χ1n) is 7.73. The lowest BCUT2D eigenvalue weighted by Gasteiger charge is -2.42. The number of nitrogens with zero attached hydrogens (tertiary/aromatic N) is 2. The van der Waals surface area contributed by atoms with Crippen LogP contribution < -0.4 is 5.73 Å². The fourth-order valence-corrected chi connectivity index (χ4v) is 3.81. The van der Waals surface area contributed by atoms with Gasteiger partial charge in [0.25, 0.3) is 0 Å². The first kappa shape index (κ1) is 13.6. The minimum atomic E-state index is -0.308. The van der Waals surface area contributed by atoms with Gasteiger partial charge in [-0.05, 0) is 44.8 Å². The zero-order valence-corrected chi connectivity index (χ0v) is 12.0. The van der Waals surface area contributed by atoms with Crippen LogP contribution in [-0.4, -0.2) is 34.3 Å². The molecule has 2 aliphatic rings. The second-order valence-electron chi connectivity index (χ2n) is 6.08. The summed E-state index contributed by atoms with van der Waals surface area (Å²) in [5.74, 6) is 0.197. The molecule has 0 amide bonds. The summed E-state index contributed by atoms with van der Waals surface area (Å²) in [6, 6.07) is 1.73. The molecule has 1 saturated carbocycles. The Morgan fingerprint density at radius 2 is 1.85 bits per heavy atom. The highest BCUT2D eigenvalue weighted by Gasteiger charge is 2.46. The number of hydrogen-bond acceptors (Lipinski definition) is 4. The topological polar surface area (TPSA) is 59.2 Å². The highest BCUT2D eigenvalue weighted by molar-refractivity contribution is 6.06. The molecule has 3 rings (SSSR count). The van der Waals surface area contributed by atoms with Gasteiger partial charge >= 0.3 is 0 Å². The smallest absolute Gasteiger partial charge is 0.186 e. The molecule has 108 valence electrons. The maximum atomic E-state index is 13.1. The first-order chi connectivity index (χ1) is 9.74. The predicted octanol–water partition coefficient (Wildman–Crippen LogP) is 2.65. The van der Waals surface area contributed by atoms with Gasteiger partial charge in [-0.3, -0.25) is 14.7 Å². The van der Waals surface area contributed by atoms with Gasteiger partial charge in [-0.25, -0.2) is 0 Å². The van der Waals surface area contributed by atoms with E-state index in [1.165, 1.54) is 19.3 Å². The molecule has 1 aromatic rings. The van der Waals surface area contributed by atoms with E-state index < -0.39 is 0 Å². The van der Waals surface area contributed by atoms with Gasteiger partial charge in [-0.1, -0.05) is 19.3 Å². The molecule has 2 fully saturated rings. The van der Waals surface area contributed by atoms with Crippen LogP contribution in [0.5, 0.6) is 0 Å². The number of likely N-dealkylation sites (tertiary alicyclic amines) is 1. The molecule has 1 aliphatic heterocycles. The van der Waals surface area contributed by atoms with E-state index in [0.717, 1.165) is 38.8 Å². The first-order valence-corrected chi connectivity index (χ1v) is 7.73. The zero-order chi connectivity index (χ0) is 14.0. The molecule has 4 heteroatoms. The van der Waals surface area contributed by atoms with E-state index in [0.29, 0.717) is 11.3 Å². The Kier molecular flexibility index (Phi) is 3.74. The summed E-state index contributed by atoms with van der Waals surface area (Å²) < 4.78 is 0. The van der Waals surface area contributed by atoms with Crippen molar-refractivity contribution in [2.24, 2.45) is 0 Å². The Hall–Kier alpha value is -1.42. The van der Waals surface area contributed by atoms with E-state index >= 15 is 0 Å². The van der Waals surface area contributed by atoms with Crippen LogP contribution in [0.2, 0.25) is 0 Å². The number of hydrogen-bond donors (Lipinski definition) is 1. The number of piperidine rings is 1. The Bertz CT molecular complexity index is 488. The van der Waals surface area contributed by atoms with E-state index in [1.54, 1.807) is 18.5 Å². The molecule has 1 aromatic heterocycles. The fourth-order valence-electron chi connectivity index (χ4n) is 3.81. The summed E-state index contributed by atoms with van der Waals surface area (Å²) >= 11 is 0. The third kappa shape index (κ3) is 2.22. The van der Waals surface area contributed by atoms with Crippen LogP contribution in [0.4, 0.5) is 5.69 Å². The number of nitrogens with two attached hydrogens (primary N) is 1. The van der Waals surface area contributed by atoms with Crippen LogP contribution in [0.1, 0.15) is 55.3 Å². The number of Topliss-reactive ketones (excluding diaryl/α,β-unsaturated/α-hetero) is 1. The Morgan fingerprint density at radius 3 is 2.50 bits per heavy atom. The van der Waals surface area contributed by atoms with Crippen LogP contribution in [0.15, 0.2) is 18.5 Å². The molecule has 20 heavy (non-hydrogen) atoms. The molecule has 1 aliphatic carbocycles. The number of rotatable bonds is 3. The summed E-state index contributed by atoms with van der Waals surface area (Å²) in [4.78, 5) is 19.7. The monoisotopic (exact) mass is 273 g/mol. The van der Waals surface area contributed by atoms with Crippen LogP contribution in [-0.2, 0) is 0 Å². The maximum Gasteiger partial charge on any atom is 0.186 e. The van der Waals surface area contributed by atoms with Crippen LogP contribution in [0.25, 0.3) is 0 Å². The van der Waals surface area contributed by atoms with Crippen molar-refractivity contribution in [3.63, 3.8) is 0 Å². The third-order valence-electron chi connectivity index (χ3n) is 4.91. The van der Waals surface area contributed by atoms with Crippen molar-refractivity contribution in [1.82, 2.24) is 9.88 Å². The molecule has 0 aromatic carbocycles. The van der Waals surface area contributed by atoms with E-state index in [1.807, 2.05) is 0 Å². The van der Waals surface area contributed by atoms with Crippen LogP contribution in [0.3, 0.4) is 0 Å². The summed E-state index contributed by atoms with van der Waals surface area (Å²) in [6.45, 7) is 2.10. The summed E-state index contributed by atoms with van der Waals surface area (Å²) in [6.07, 6.45) is 11.2. The number of nitrogen functional groups attached to an aromatic ring is 1. The molecular weight excluding hydrogens is 250 g/mol. The lowest BCUT2D eigenvalue weighted by atomic mass is 9.84. The van der Waals surface area contributed by atoms with Gasteiger partial charge in [0.1, 0.15) is 0 Å². The second kappa shape index (κ2) is 5.52. The lowest BCUT2D eigenvalue weighted by Crippen LogP contribution is -2.54. The van der Waals surface area contributed by atoms with Gasteiger partial charge in [0.2, 0.25) is 0 Å². The molecule has 0 spiro atoms. The zero-order valence-electron chi connectivity index (χ0n) is 12.0. The molecule has 0 bridgehead atoms. The standard InChI is InChI=1S/C16H23N3O/c17-14-6-9-18-12-13(14)15(20)16(7-2-3-8-16)19-10-4-1-5-11-19/h6,9,12H,1-5,7-8,10-11H2,(H2,17,18). The predicted molar refractivity (Wildman–Crippen MR) is 79.6 cm³/mol. The average Bonchev–Trinajstić information content (AvgIpc) is 2.99. The van der Waals surface area contributed by atoms with Crippen molar-refractivity contribution >= 4 is 11.5 Å². The normalized spacial score (nSPS) is 22.8. The van der Waals surface area contributed by atoms with Crippen molar-refractivity contribution in [1.29, 1.82) is 0 Å². The van der Waals surface area contributed by atoms with Crippen molar-refractivity contribution in [2.45, 2.75) is 50.5 Å². The molecule has 0 atom stereocenters. The number of ketones is 1. The van der Waals surface area contributed by atoms with Crippen molar-refractivity contribution < 1.29 is 4.79 Å². The Labute approximate surface area is 120 Å². The highest BCUT2D eigenvalue weighted by atomic mass is 16.1. The SMILES string of the molecule is Nc1ccncc1C(=O)C1(N2CCCCC2)CCCC1. The number of pyridine rings is 1. The van der Waals surface area contributed by atoms with E-state index in [9.17, 15) is 4.79 Å². The molecule has 0 radical (unpaired) electrons. The average molecular weight is 273 g/mol.